The van der Waals surface area contributed by atoms with Gasteiger partial charge < -0.3 is 9.84 Å². The van der Waals surface area contributed by atoms with E-state index in [1.165, 1.54) is 10.7 Å². The Hall–Kier alpha value is -3.77. The molecule has 0 atom stereocenters. The van der Waals surface area contributed by atoms with E-state index in [0.29, 0.717) is 26.2 Å². The molecule has 5 aromatic rings. The summed E-state index contributed by atoms with van der Waals surface area (Å²) in [7, 11) is 0. The number of ether oxygens (including phenoxy) is 1. The molecule has 0 amide bonds. The zero-order chi connectivity index (χ0) is 33.4. The van der Waals surface area contributed by atoms with E-state index in [-0.39, 0.29) is 71.8 Å². The molecule has 0 saturated carbocycles. The maximum atomic E-state index is 14.6. The molecule has 3 aromatic heterocycles. The van der Waals surface area contributed by atoms with Crippen molar-refractivity contribution in [1.82, 2.24) is 23.7 Å². The lowest BCUT2D eigenvalue weighted by atomic mass is 10.1. The highest BCUT2D eigenvalue weighted by Crippen LogP contribution is 2.37. The van der Waals surface area contributed by atoms with Crippen molar-refractivity contribution in [1.29, 1.82) is 0 Å². The summed E-state index contributed by atoms with van der Waals surface area (Å²) >= 11 is 24.4. The molecule has 0 radical (unpaired) electrons. The zero-order valence-electron chi connectivity index (χ0n) is 24.7. The van der Waals surface area contributed by atoms with Crippen molar-refractivity contribution in [3.63, 3.8) is 0 Å². The van der Waals surface area contributed by atoms with Crippen LogP contribution < -0.4 is 15.9 Å². The standard InChI is InChI=1S/C19H16Cl2FN3O2.C13H11Cl2FN2O2/c20-14-9-15(22)13(8-16(14)27-11-12-4-3-5-23-10-12)17-18(21)24-6-1-2-7-25(24)19(17)26;14-8-6-9(16)7(5-10(8)19)11-12(15)17-3-1-2-4-18(17)13(11)20/h3-5,8-10H,1-2,6-7,11H2;5-6,19H,1-4H2. The molecule has 15 heteroatoms. The van der Waals surface area contributed by atoms with Gasteiger partial charge >= 0.3 is 0 Å². The van der Waals surface area contributed by atoms with Gasteiger partial charge in [-0.1, -0.05) is 52.5 Å². The van der Waals surface area contributed by atoms with Crippen LogP contribution in [0, 0.1) is 11.6 Å². The fourth-order valence-corrected chi connectivity index (χ4v) is 6.78. The normalized spacial score (nSPS) is 13.8. The number of phenolic OH excluding ortho intramolecular Hbond substituents is 1. The van der Waals surface area contributed by atoms with Crippen molar-refractivity contribution < 1.29 is 18.6 Å². The van der Waals surface area contributed by atoms with Crippen LogP contribution in [0.3, 0.4) is 0 Å². The van der Waals surface area contributed by atoms with Crippen LogP contribution in [-0.2, 0) is 32.8 Å². The Kier molecular flexibility index (Phi) is 9.70. The molecule has 5 heterocycles. The molecule has 246 valence electrons. The number of nitrogens with zero attached hydrogens (tertiary/aromatic N) is 5. The van der Waals surface area contributed by atoms with Gasteiger partial charge in [-0.05, 0) is 56.0 Å². The topological polar surface area (TPSA) is 96.2 Å². The van der Waals surface area contributed by atoms with E-state index in [1.54, 1.807) is 32.5 Å². The lowest BCUT2D eigenvalue weighted by Crippen LogP contribution is -2.27. The van der Waals surface area contributed by atoms with Crippen LogP contribution in [0.25, 0.3) is 22.3 Å². The molecule has 9 nitrogen and oxygen atoms in total. The summed E-state index contributed by atoms with van der Waals surface area (Å²) in [5.41, 5.74) is 0.449. The number of hydrogen-bond acceptors (Lipinski definition) is 5. The number of phenols is 1. The van der Waals surface area contributed by atoms with E-state index >= 15 is 0 Å². The highest BCUT2D eigenvalue weighted by Gasteiger charge is 2.26. The average molecular weight is 725 g/mol. The van der Waals surface area contributed by atoms with Gasteiger partial charge in [-0.2, -0.15) is 0 Å². The minimum absolute atomic E-state index is 0.0312. The molecule has 0 bridgehead atoms. The minimum Gasteiger partial charge on any atom is -0.506 e. The summed E-state index contributed by atoms with van der Waals surface area (Å²) in [4.78, 5) is 29.2. The van der Waals surface area contributed by atoms with Crippen LogP contribution in [0.4, 0.5) is 8.78 Å². The van der Waals surface area contributed by atoms with E-state index in [9.17, 15) is 23.5 Å². The maximum absolute atomic E-state index is 14.6. The van der Waals surface area contributed by atoms with Gasteiger partial charge in [0.2, 0.25) is 0 Å². The Morgan fingerprint density at radius 2 is 1.26 bits per heavy atom. The molecule has 2 aromatic carbocycles. The molecule has 0 spiro atoms. The van der Waals surface area contributed by atoms with Crippen LogP contribution in [0.1, 0.15) is 31.2 Å². The first kappa shape index (κ1) is 33.1. The number of pyridine rings is 1. The summed E-state index contributed by atoms with van der Waals surface area (Å²) in [5, 5.41) is 10.1. The monoisotopic (exact) mass is 723 g/mol. The van der Waals surface area contributed by atoms with Gasteiger partial charge in [-0.15, -0.1) is 0 Å². The van der Waals surface area contributed by atoms with Crippen LogP contribution in [0.15, 0.2) is 58.4 Å². The largest absolute Gasteiger partial charge is 0.506 e. The molecule has 1 N–H and O–H groups in total. The summed E-state index contributed by atoms with van der Waals surface area (Å²) < 4.78 is 40.8. The number of halogens is 6. The van der Waals surface area contributed by atoms with Crippen molar-refractivity contribution in [2.45, 2.75) is 58.5 Å². The SMILES string of the molecule is O=c1c(-c2cc(O)c(Cl)cc2F)c(Cl)n2n1CCCC2.O=c1c(-c2cc(OCc3cccnc3)c(Cl)cc2F)c(Cl)n2n1CCCC2. The van der Waals surface area contributed by atoms with Crippen LogP contribution in [-0.4, -0.2) is 28.8 Å². The molecule has 0 fully saturated rings. The fourth-order valence-electron chi connectivity index (χ4n) is 5.71. The van der Waals surface area contributed by atoms with E-state index < -0.39 is 11.6 Å². The van der Waals surface area contributed by atoms with Crippen molar-refractivity contribution in [3.05, 3.63) is 107 Å². The lowest BCUT2D eigenvalue weighted by Gasteiger charge is -2.17. The van der Waals surface area contributed by atoms with Crippen LogP contribution >= 0.6 is 46.4 Å². The first-order valence-corrected chi connectivity index (χ1v) is 16.3. The molecule has 0 aliphatic carbocycles. The zero-order valence-corrected chi connectivity index (χ0v) is 27.7. The second-order valence-corrected chi connectivity index (χ2v) is 12.6. The number of benzene rings is 2. The number of aromatic hydroxyl groups is 1. The fraction of sp³-hybridized carbons (Fsp3) is 0.281. The number of fused-ring (bicyclic) bond motifs is 2. The summed E-state index contributed by atoms with van der Waals surface area (Å²) in [6.07, 6.45) is 6.95. The molecule has 0 unspecified atom stereocenters. The second-order valence-electron chi connectivity index (χ2n) is 11.0. The third-order valence-corrected chi connectivity index (χ3v) is 9.41. The highest BCUT2D eigenvalue weighted by atomic mass is 35.5. The third kappa shape index (κ3) is 6.41. The molecule has 47 heavy (non-hydrogen) atoms. The Labute approximate surface area is 287 Å². The predicted octanol–water partition coefficient (Wildman–Crippen LogP) is 7.79. The Bertz CT molecular complexity index is 2090. The molecular formula is C32H27Cl4F2N5O4. The van der Waals surface area contributed by atoms with Crippen molar-refractivity contribution in [3.8, 4) is 33.8 Å². The highest BCUT2D eigenvalue weighted by molar-refractivity contribution is 6.34. The summed E-state index contributed by atoms with van der Waals surface area (Å²) in [6, 6.07) is 8.34. The van der Waals surface area contributed by atoms with Gasteiger partial charge in [-0.3, -0.25) is 23.9 Å². The van der Waals surface area contributed by atoms with Gasteiger partial charge in [0, 0.05) is 55.3 Å². The van der Waals surface area contributed by atoms with Gasteiger partial charge in [0.05, 0.1) is 21.2 Å². The third-order valence-electron chi connectivity index (χ3n) is 8.04. The van der Waals surface area contributed by atoms with Gasteiger partial charge in [-0.25, -0.2) is 18.1 Å². The number of hydrogen-bond donors (Lipinski definition) is 1. The summed E-state index contributed by atoms with van der Waals surface area (Å²) in [6.45, 7) is 2.60. The number of rotatable bonds is 5. The average Bonchev–Trinajstić information content (AvgIpc) is 3.47. The molecule has 2 aliphatic heterocycles. The van der Waals surface area contributed by atoms with Crippen molar-refractivity contribution in [2.24, 2.45) is 0 Å². The van der Waals surface area contributed by atoms with Crippen molar-refractivity contribution in [2.75, 3.05) is 0 Å². The van der Waals surface area contributed by atoms with E-state index in [0.717, 1.165) is 49.4 Å². The second kappa shape index (κ2) is 13.8. The van der Waals surface area contributed by atoms with Gasteiger partial charge in [0.1, 0.15) is 40.0 Å². The van der Waals surface area contributed by atoms with Gasteiger partial charge in [0.25, 0.3) is 11.1 Å². The quantitative estimate of drug-likeness (QED) is 0.200. The Morgan fingerprint density at radius 3 is 1.77 bits per heavy atom. The van der Waals surface area contributed by atoms with E-state index in [2.05, 4.69) is 4.98 Å². The lowest BCUT2D eigenvalue weighted by molar-refractivity contribution is 0.305. The smallest absolute Gasteiger partial charge is 0.276 e. The molecule has 7 rings (SSSR count). The van der Waals surface area contributed by atoms with Crippen LogP contribution in [0.2, 0.25) is 20.4 Å². The summed E-state index contributed by atoms with van der Waals surface area (Å²) in [5.74, 6) is -1.30. The van der Waals surface area contributed by atoms with Crippen LogP contribution in [0.5, 0.6) is 11.5 Å². The van der Waals surface area contributed by atoms with E-state index in [1.807, 2.05) is 6.07 Å². The predicted molar refractivity (Wildman–Crippen MR) is 177 cm³/mol. The first-order valence-electron chi connectivity index (χ1n) is 14.7. The Morgan fingerprint density at radius 1 is 0.745 bits per heavy atom. The Balaban J connectivity index is 0.000000172. The first-order chi connectivity index (χ1) is 22.6. The number of aromatic nitrogens is 5. The maximum Gasteiger partial charge on any atom is 0.276 e. The van der Waals surface area contributed by atoms with Crippen molar-refractivity contribution >= 4 is 46.4 Å². The van der Waals surface area contributed by atoms with E-state index in [4.69, 9.17) is 51.1 Å². The van der Waals surface area contributed by atoms with Gasteiger partial charge in [0.15, 0.2) is 0 Å². The molecule has 2 aliphatic rings. The minimum atomic E-state index is -0.685. The molecular weight excluding hydrogens is 698 g/mol. The molecule has 0 saturated heterocycles.